The fourth-order valence-corrected chi connectivity index (χ4v) is 4.35. The molecule has 0 aliphatic carbocycles. The van der Waals surface area contributed by atoms with E-state index >= 15 is 0 Å². The fourth-order valence-electron chi connectivity index (χ4n) is 4.23. The van der Waals surface area contributed by atoms with Crippen molar-refractivity contribution in [3.05, 3.63) is 41.4 Å². The van der Waals surface area contributed by atoms with Gasteiger partial charge in [-0.2, -0.15) is 0 Å². The van der Waals surface area contributed by atoms with Gasteiger partial charge in [-0.15, -0.1) is 0 Å². The van der Waals surface area contributed by atoms with Gasteiger partial charge >= 0.3 is 5.97 Å². The quantitative estimate of drug-likeness (QED) is 0.434. The van der Waals surface area contributed by atoms with Gasteiger partial charge in [0.2, 0.25) is 5.91 Å². The van der Waals surface area contributed by atoms with Gasteiger partial charge in [0.1, 0.15) is 11.5 Å². The highest BCUT2D eigenvalue weighted by atomic mass is 35.5. The number of rotatable bonds is 6. The smallest absolute Gasteiger partial charge is 0.312 e. The standard InChI is InChI=1S/C20H22ClNO4/c1-2-3-4-11-25-19(24)16-15-9-10-20(26-15)12-22(18(23)17(16)20)14-7-5-13(21)6-8-14/h5-10,15-17H,2-4,11-12H2,1H3. The average molecular weight is 376 g/mol. The third-order valence-electron chi connectivity index (χ3n) is 5.50. The molecule has 4 unspecified atom stereocenters. The molecule has 4 rings (SSSR count). The molecule has 1 aromatic carbocycles. The van der Waals surface area contributed by atoms with E-state index in [9.17, 15) is 9.59 Å². The fraction of sp³-hybridized carbons (Fsp3) is 0.500. The zero-order chi connectivity index (χ0) is 18.3. The third kappa shape index (κ3) is 2.74. The lowest BCUT2D eigenvalue weighted by Gasteiger charge is -2.22. The molecule has 2 saturated heterocycles. The Morgan fingerprint density at radius 1 is 1.35 bits per heavy atom. The summed E-state index contributed by atoms with van der Waals surface area (Å²) in [5.74, 6) is -1.50. The van der Waals surface area contributed by atoms with Crippen LogP contribution in [0.25, 0.3) is 0 Å². The van der Waals surface area contributed by atoms with Crippen molar-refractivity contribution in [1.82, 2.24) is 0 Å². The van der Waals surface area contributed by atoms with Crippen LogP contribution in [0.2, 0.25) is 5.02 Å². The molecule has 6 heteroatoms. The van der Waals surface area contributed by atoms with E-state index in [-0.39, 0.29) is 18.0 Å². The third-order valence-corrected chi connectivity index (χ3v) is 5.75. The normalized spacial score (nSPS) is 31.5. The van der Waals surface area contributed by atoms with Gasteiger partial charge in [-0.3, -0.25) is 9.59 Å². The highest BCUT2D eigenvalue weighted by Gasteiger charge is 2.67. The molecule has 3 aliphatic rings. The largest absolute Gasteiger partial charge is 0.465 e. The summed E-state index contributed by atoms with van der Waals surface area (Å²) in [5, 5.41) is 0.615. The van der Waals surface area contributed by atoms with Gasteiger partial charge in [-0.1, -0.05) is 43.5 Å². The van der Waals surface area contributed by atoms with Crippen molar-refractivity contribution < 1.29 is 19.1 Å². The number of nitrogens with zero attached hydrogens (tertiary/aromatic N) is 1. The number of ether oxygens (including phenoxy) is 2. The van der Waals surface area contributed by atoms with Crippen molar-refractivity contribution in [3.63, 3.8) is 0 Å². The maximum absolute atomic E-state index is 13.1. The van der Waals surface area contributed by atoms with Crippen LogP contribution in [0.15, 0.2) is 36.4 Å². The monoisotopic (exact) mass is 375 g/mol. The first kappa shape index (κ1) is 17.6. The predicted molar refractivity (Wildman–Crippen MR) is 98.0 cm³/mol. The molecule has 138 valence electrons. The Labute approximate surface area is 157 Å². The van der Waals surface area contributed by atoms with Crippen molar-refractivity contribution in [2.75, 3.05) is 18.1 Å². The molecule has 5 nitrogen and oxygen atoms in total. The number of unbranched alkanes of at least 4 members (excludes halogenated alkanes) is 2. The molecule has 0 N–H and O–H groups in total. The van der Waals surface area contributed by atoms with Gasteiger partial charge in [-0.05, 0) is 30.7 Å². The number of carbonyl (C=O) groups excluding carboxylic acids is 2. The van der Waals surface area contributed by atoms with Crippen LogP contribution >= 0.6 is 11.6 Å². The maximum Gasteiger partial charge on any atom is 0.312 e. The molecule has 1 amide bonds. The summed E-state index contributed by atoms with van der Waals surface area (Å²) in [4.78, 5) is 27.5. The molecule has 0 saturated carbocycles. The molecule has 3 aliphatic heterocycles. The molecule has 3 heterocycles. The summed E-state index contributed by atoms with van der Waals surface area (Å²) in [6.07, 6.45) is 6.40. The minimum atomic E-state index is -0.728. The Balaban J connectivity index is 1.53. The van der Waals surface area contributed by atoms with Crippen molar-refractivity contribution in [2.45, 2.75) is 37.9 Å². The van der Waals surface area contributed by atoms with E-state index in [1.54, 1.807) is 17.0 Å². The molecule has 4 atom stereocenters. The predicted octanol–water partition coefficient (Wildman–Crippen LogP) is 3.36. The van der Waals surface area contributed by atoms with Crippen LogP contribution in [0.5, 0.6) is 0 Å². The van der Waals surface area contributed by atoms with E-state index < -0.39 is 17.4 Å². The maximum atomic E-state index is 13.1. The van der Waals surface area contributed by atoms with Crippen LogP contribution in [-0.4, -0.2) is 36.7 Å². The number of halogens is 1. The first-order valence-electron chi connectivity index (χ1n) is 9.16. The summed E-state index contributed by atoms with van der Waals surface area (Å²) in [6.45, 7) is 2.90. The van der Waals surface area contributed by atoms with Crippen LogP contribution in [0.3, 0.4) is 0 Å². The Morgan fingerprint density at radius 2 is 2.12 bits per heavy atom. The molecule has 0 radical (unpaired) electrons. The van der Waals surface area contributed by atoms with Crippen LogP contribution in [0.4, 0.5) is 5.69 Å². The van der Waals surface area contributed by atoms with E-state index in [1.807, 2.05) is 24.3 Å². The average Bonchev–Trinajstić information content (AvgIpc) is 3.28. The van der Waals surface area contributed by atoms with E-state index in [0.29, 0.717) is 18.2 Å². The number of anilines is 1. The Morgan fingerprint density at radius 3 is 2.85 bits per heavy atom. The lowest BCUT2D eigenvalue weighted by Crippen LogP contribution is -2.40. The number of carbonyl (C=O) groups is 2. The first-order chi connectivity index (χ1) is 12.6. The lowest BCUT2D eigenvalue weighted by molar-refractivity contribution is -0.152. The van der Waals surface area contributed by atoms with Crippen molar-refractivity contribution in [3.8, 4) is 0 Å². The van der Waals surface area contributed by atoms with Gasteiger partial charge in [0.05, 0.1) is 25.2 Å². The lowest BCUT2D eigenvalue weighted by atomic mass is 9.77. The van der Waals surface area contributed by atoms with Gasteiger partial charge < -0.3 is 14.4 Å². The topological polar surface area (TPSA) is 55.8 Å². The van der Waals surface area contributed by atoms with Gasteiger partial charge in [0.15, 0.2) is 0 Å². The van der Waals surface area contributed by atoms with Crippen molar-refractivity contribution in [1.29, 1.82) is 0 Å². The van der Waals surface area contributed by atoms with Gasteiger partial charge in [-0.25, -0.2) is 0 Å². The highest BCUT2D eigenvalue weighted by molar-refractivity contribution is 6.30. The zero-order valence-corrected chi connectivity index (χ0v) is 15.4. The summed E-state index contributed by atoms with van der Waals surface area (Å²) in [6, 6.07) is 7.13. The number of esters is 1. The molecule has 1 aromatic rings. The Kier molecular flexibility index (Phi) is 4.53. The van der Waals surface area contributed by atoms with E-state index in [4.69, 9.17) is 21.1 Å². The van der Waals surface area contributed by atoms with Crippen molar-refractivity contribution in [2.24, 2.45) is 11.8 Å². The van der Waals surface area contributed by atoms with Crippen LogP contribution in [0.1, 0.15) is 26.2 Å². The van der Waals surface area contributed by atoms with Crippen LogP contribution < -0.4 is 4.90 Å². The number of hydrogen-bond donors (Lipinski definition) is 0. The number of hydrogen-bond acceptors (Lipinski definition) is 4. The molecule has 0 aromatic heterocycles. The van der Waals surface area contributed by atoms with Crippen LogP contribution in [-0.2, 0) is 19.1 Å². The number of benzene rings is 1. The van der Waals surface area contributed by atoms with Crippen molar-refractivity contribution >= 4 is 29.2 Å². The summed E-state index contributed by atoms with van der Waals surface area (Å²) < 4.78 is 11.5. The SMILES string of the molecule is CCCCCOC(=O)C1C2C=CC3(CN(c4ccc(Cl)cc4)C(=O)C13)O2. The molecule has 1 spiro atoms. The highest BCUT2D eigenvalue weighted by Crippen LogP contribution is 2.52. The Bertz CT molecular complexity index is 747. The molecule has 26 heavy (non-hydrogen) atoms. The molecule has 2 fully saturated rings. The minimum absolute atomic E-state index is 0.0883. The molecular formula is C20H22ClNO4. The second kappa shape index (κ2) is 6.71. The second-order valence-corrected chi connectivity index (χ2v) is 7.61. The van der Waals surface area contributed by atoms with E-state index in [2.05, 4.69) is 6.92 Å². The van der Waals surface area contributed by atoms with E-state index in [0.717, 1.165) is 24.9 Å². The van der Waals surface area contributed by atoms with Crippen LogP contribution in [0, 0.1) is 11.8 Å². The number of fused-ring (bicyclic) bond motifs is 1. The minimum Gasteiger partial charge on any atom is -0.465 e. The molecular weight excluding hydrogens is 354 g/mol. The second-order valence-electron chi connectivity index (χ2n) is 7.18. The summed E-state index contributed by atoms with van der Waals surface area (Å²) >= 11 is 5.95. The summed E-state index contributed by atoms with van der Waals surface area (Å²) in [7, 11) is 0. The van der Waals surface area contributed by atoms with Gasteiger partial charge in [0, 0.05) is 10.7 Å². The van der Waals surface area contributed by atoms with Gasteiger partial charge in [0.25, 0.3) is 0 Å². The first-order valence-corrected chi connectivity index (χ1v) is 9.54. The number of amides is 1. The molecule has 2 bridgehead atoms. The van der Waals surface area contributed by atoms with E-state index in [1.165, 1.54) is 0 Å². The summed E-state index contributed by atoms with van der Waals surface area (Å²) in [5.41, 5.74) is 0.0350. The zero-order valence-electron chi connectivity index (χ0n) is 14.7. The Hall–Kier alpha value is -1.85.